The summed E-state index contributed by atoms with van der Waals surface area (Å²) in [6.07, 6.45) is 9.58. The maximum atomic E-state index is 5.86. The van der Waals surface area contributed by atoms with Crippen LogP contribution in [0.3, 0.4) is 0 Å². The fourth-order valence-electron chi connectivity index (χ4n) is 2.33. The van der Waals surface area contributed by atoms with E-state index in [0.717, 1.165) is 25.0 Å². The third-order valence-corrected chi connectivity index (χ3v) is 4.12. The second-order valence-electron chi connectivity index (χ2n) is 5.31. The van der Waals surface area contributed by atoms with Crippen LogP contribution in [0.15, 0.2) is 41.5 Å². The molecule has 5 nitrogen and oxygen atoms in total. The van der Waals surface area contributed by atoms with Crippen LogP contribution in [0, 0.1) is 10.7 Å². The Kier molecular flexibility index (Phi) is 5.25. The number of allylic oxidation sites excluding steroid dienone is 2. The van der Waals surface area contributed by atoms with Crippen molar-refractivity contribution in [1.29, 1.82) is 0 Å². The molecule has 0 aliphatic heterocycles. The highest BCUT2D eigenvalue weighted by Gasteiger charge is 2.09. The lowest BCUT2D eigenvalue weighted by atomic mass is 9.96. The summed E-state index contributed by atoms with van der Waals surface area (Å²) in [6, 6.07) is 7.18. The molecular weight excluding hydrogens is 332 g/mol. The minimum atomic E-state index is 0.274. The number of H-pyrrole nitrogens is 1. The van der Waals surface area contributed by atoms with E-state index in [0.29, 0.717) is 21.5 Å². The molecule has 1 heterocycles. The highest BCUT2D eigenvalue weighted by molar-refractivity contribution is 7.71. The average Bonchev–Trinajstić information content (AvgIpc) is 2.93. The van der Waals surface area contributed by atoms with Gasteiger partial charge in [-0.15, -0.1) is 0 Å². The van der Waals surface area contributed by atoms with Crippen LogP contribution in [-0.4, -0.2) is 21.1 Å². The van der Waals surface area contributed by atoms with Crippen LogP contribution in [0.5, 0.6) is 5.75 Å². The second-order valence-corrected chi connectivity index (χ2v) is 6.13. The summed E-state index contributed by atoms with van der Waals surface area (Å²) < 4.78 is 7.77. The summed E-state index contributed by atoms with van der Waals surface area (Å²) in [6.45, 7) is 0.274. The van der Waals surface area contributed by atoms with Crippen LogP contribution < -0.4 is 4.74 Å². The van der Waals surface area contributed by atoms with E-state index in [-0.39, 0.29) is 6.61 Å². The van der Waals surface area contributed by atoms with Gasteiger partial charge in [-0.2, -0.15) is 14.9 Å². The lowest BCUT2D eigenvalue weighted by Gasteiger charge is -2.12. The fraction of sp³-hybridized carbons (Fsp3) is 0.312. The predicted octanol–water partition coefficient (Wildman–Crippen LogP) is 4.36. The molecule has 1 aliphatic carbocycles. The van der Waals surface area contributed by atoms with Crippen molar-refractivity contribution in [2.24, 2.45) is 11.0 Å². The smallest absolute Gasteiger partial charge is 0.216 e. The van der Waals surface area contributed by atoms with Gasteiger partial charge in [0, 0.05) is 11.2 Å². The molecule has 3 rings (SSSR count). The van der Waals surface area contributed by atoms with Gasteiger partial charge >= 0.3 is 0 Å². The first-order valence-corrected chi connectivity index (χ1v) is 8.25. The van der Waals surface area contributed by atoms with Crippen molar-refractivity contribution in [3.8, 4) is 5.75 Å². The number of aromatic nitrogens is 3. The summed E-state index contributed by atoms with van der Waals surface area (Å²) in [4.78, 5) is 0. The molecule has 0 unspecified atom stereocenters. The molecule has 0 spiro atoms. The van der Waals surface area contributed by atoms with E-state index in [2.05, 4.69) is 27.5 Å². The largest absolute Gasteiger partial charge is 0.486 e. The highest BCUT2D eigenvalue weighted by atomic mass is 35.5. The Labute approximate surface area is 144 Å². The van der Waals surface area contributed by atoms with Gasteiger partial charge in [-0.05, 0) is 61.7 Å². The monoisotopic (exact) mass is 348 g/mol. The Morgan fingerprint density at radius 1 is 1.39 bits per heavy atom. The number of hydrogen-bond donors (Lipinski definition) is 1. The van der Waals surface area contributed by atoms with E-state index < -0.39 is 0 Å². The number of aromatic amines is 1. The van der Waals surface area contributed by atoms with E-state index in [1.165, 1.54) is 0 Å². The van der Waals surface area contributed by atoms with Gasteiger partial charge < -0.3 is 4.74 Å². The van der Waals surface area contributed by atoms with E-state index in [1.807, 2.05) is 18.3 Å². The van der Waals surface area contributed by atoms with Crippen molar-refractivity contribution < 1.29 is 4.74 Å². The molecule has 0 fully saturated rings. The SMILES string of the molecule is S=c1[nH]nc(COc2ccc(Cl)cc2)n1/N=C\[C@H]1CC=CCC1. The Morgan fingerprint density at radius 3 is 2.96 bits per heavy atom. The first-order chi connectivity index (χ1) is 11.2. The van der Waals surface area contributed by atoms with Crippen molar-refractivity contribution >= 4 is 30.0 Å². The molecule has 1 aromatic carbocycles. The number of halogens is 1. The van der Waals surface area contributed by atoms with E-state index in [4.69, 9.17) is 28.6 Å². The zero-order valence-electron chi connectivity index (χ0n) is 12.5. The molecule has 0 radical (unpaired) electrons. The van der Waals surface area contributed by atoms with Gasteiger partial charge in [-0.3, -0.25) is 0 Å². The highest BCUT2D eigenvalue weighted by Crippen LogP contribution is 2.17. The number of nitrogens with zero attached hydrogens (tertiary/aromatic N) is 3. The molecule has 1 N–H and O–H groups in total. The molecule has 2 aromatic rings. The lowest BCUT2D eigenvalue weighted by Crippen LogP contribution is -2.08. The Bertz CT molecular complexity index is 763. The van der Waals surface area contributed by atoms with Gasteiger partial charge in [-0.1, -0.05) is 23.8 Å². The van der Waals surface area contributed by atoms with Crippen LogP contribution in [0.4, 0.5) is 0 Å². The Balaban J connectivity index is 1.68. The van der Waals surface area contributed by atoms with Gasteiger partial charge in [-0.25, -0.2) is 5.10 Å². The molecule has 0 saturated heterocycles. The molecule has 120 valence electrons. The molecule has 1 aliphatic rings. The zero-order chi connectivity index (χ0) is 16.1. The van der Waals surface area contributed by atoms with Gasteiger partial charge in [0.2, 0.25) is 4.77 Å². The number of ether oxygens (including phenoxy) is 1. The van der Waals surface area contributed by atoms with Crippen LogP contribution in [0.2, 0.25) is 5.02 Å². The number of rotatable bonds is 5. The van der Waals surface area contributed by atoms with E-state index in [1.54, 1.807) is 16.8 Å². The number of benzene rings is 1. The standard InChI is InChI=1S/C16H17ClN4OS/c17-13-6-8-14(9-7-13)22-11-15-19-20-16(23)21(15)18-10-12-4-2-1-3-5-12/h1-2,6-10,12H,3-5,11H2,(H,20,23)/b18-10-/t12-/m0/s1. The molecule has 0 saturated carbocycles. The minimum Gasteiger partial charge on any atom is -0.486 e. The average molecular weight is 349 g/mol. The lowest BCUT2D eigenvalue weighted by molar-refractivity contribution is 0.290. The fourth-order valence-corrected chi connectivity index (χ4v) is 2.65. The van der Waals surface area contributed by atoms with Gasteiger partial charge in [0.25, 0.3) is 0 Å². The summed E-state index contributed by atoms with van der Waals surface area (Å²) in [5.74, 6) is 1.80. The Hall–Kier alpha value is -1.92. The van der Waals surface area contributed by atoms with E-state index >= 15 is 0 Å². The molecule has 23 heavy (non-hydrogen) atoms. The van der Waals surface area contributed by atoms with Crippen LogP contribution in [0.1, 0.15) is 25.1 Å². The van der Waals surface area contributed by atoms with Crippen molar-refractivity contribution in [2.45, 2.75) is 25.9 Å². The van der Waals surface area contributed by atoms with Crippen molar-refractivity contribution in [2.75, 3.05) is 0 Å². The maximum absolute atomic E-state index is 5.86. The zero-order valence-corrected chi connectivity index (χ0v) is 14.1. The van der Waals surface area contributed by atoms with Crippen molar-refractivity contribution in [3.63, 3.8) is 0 Å². The van der Waals surface area contributed by atoms with Gasteiger partial charge in [0.15, 0.2) is 5.82 Å². The maximum Gasteiger partial charge on any atom is 0.216 e. The summed E-state index contributed by atoms with van der Waals surface area (Å²) in [5.41, 5.74) is 0. The molecule has 0 bridgehead atoms. The minimum absolute atomic E-state index is 0.274. The molecule has 0 amide bonds. The van der Waals surface area contributed by atoms with Crippen LogP contribution in [-0.2, 0) is 6.61 Å². The first kappa shape index (κ1) is 16.0. The third kappa shape index (κ3) is 4.30. The quantitative estimate of drug-likeness (QED) is 0.496. The number of nitrogens with one attached hydrogen (secondary N) is 1. The first-order valence-electron chi connectivity index (χ1n) is 7.46. The Morgan fingerprint density at radius 2 is 2.22 bits per heavy atom. The van der Waals surface area contributed by atoms with E-state index in [9.17, 15) is 0 Å². The molecular formula is C16H17ClN4OS. The second kappa shape index (κ2) is 7.57. The van der Waals surface area contributed by atoms with Crippen LogP contribution >= 0.6 is 23.8 Å². The van der Waals surface area contributed by atoms with Gasteiger partial charge in [0.1, 0.15) is 12.4 Å². The normalized spacial score (nSPS) is 17.7. The topological polar surface area (TPSA) is 55.2 Å². The molecule has 1 aromatic heterocycles. The molecule has 1 atom stereocenters. The summed E-state index contributed by atoms with van der Waals surface area (Å²) in [7, 11) is 0. The van der Waals surface area contributed by atoms with Gasteiger partial charge in [0.05, 0.1) is 0 Å². The number of hydrogen-bond acceptors (Lipinski definition) is 4. The predicted molar refractivity (Wildman–Crippen MR) is 93.6 cm³/mol. The van der Waals surface area contributed by atoms with Crippen LogP contribution in [0.25, 0.3) is 0 Å². The summed E-state index contributed by atoms with van der Waals surface area (Å²) in [5, 5.41) is 12.1. The summed E-state index contributed by atoms with van der Waals surface area (Å²) >= 11 is 11.1. The van der Waals surface area contributed by atoms with Crippen molar-refractivity contribution in [1.82, 2.24) is 14.9 Å². The van der Waals surface area contributed by atoms with Crippen molar-refractivity contribution in [3.05, 3.63) is 52.0 Å². The third-order valence-electron chi connectivity index (χ3n) is 3.60. The molecule has 7 heteroatoms.